The molecule has 1 aliphatic heterocycles. The van der Waals surface area contributed by atoms with Gasteiger partial charge in [0.05, 0.1) is 12.3 Å². The van der Waals surface area contributed by atoms with Crippen molar-refractivity contribution in [2.75, 3.05) is 25.4 Å². The third-order valence-electron chi connectivity index (χ3n) is 3.76. The van der Waals surface area contributed by atoms with Crippen molar-refractivity contribution in [2.24, 2.45) is 0 Å². The molecule has 3 rings (SSSR count). The van der Waals surface area contributed by atoms with Crippen molar-refractivity contribution in [3.8, 4) is 11.3 Å². The van der Waals surface area contributed by atoms with Gasteiger partial charge in [0, 0.05) is 25.2 Å². The Bertz CT molecular complexity index is 710. The number of nitrogens with one attached hydrogen (secondary N) is 1. The first kappa shape index (κ1) is 15.3. The molecule has 0 amide bonds. The highest BCUT2D eigenvalue weighted by atomic mass is 32.2. The fourth-order valence-corrected chi connectivity index (χ4v) is 4.12. The van der Waals surface area contributed by atoms with Crippen molar-refractivity contribution in [1.29, 1.82) is 0 Å². The Morgan fingerprint density at radius 2 is 1.95 bits per heavy atom. The Kier molecular flexibility index (Phi) is 4.61. The second-order valence-electron chi connectivity index (χ2n) is 5.38. The first-order valence-electron chi connectivity index (χ1n) is 7.48. The van der Waals surface area contributed by atoms with E-state index in [1.807, 2.05) is 42.5 Å². The predicted molar refractivity (Wildman–Crippen MR) is 85.8 cm³/mol. The first-order chi connectivity index (χ1) is 10.6. The molecule has 1 fully saturated rings. The maximum Gasteiger partial charge on any atom is 0.214 e. The average molecular weight is 320 g/mol. The van der Waals surface area contributed by atoms with Crippen LogP contribution in [0.5, 0.6) is 0 Å². The molecule has 0 spiro atoms. The minimum Gasteiger partial charge on any atom is -0.460 e. The van der Waals surface area contributed by atoms with Gasteiger partial charge < -0.3 is 9.73 Å². The predicted octanol–water partition coefficient (Wildman–Crippen LogP) is 2.07. The molecule has 1 aliphatic rings. The molecule has 0 bridgehead atoms. The van der Waals surface area contributed by atoms with Crippen LogP contribution in [0.3, 0.4) is 0 Å². The van der Waals surface area contributed by atoms with Crippen LogP contribution in [0.1, 0.15) is 12.2 Å². The summed E-state index contributed by atoms with van der Waals surface area (Å²) in [6, 6.07) is 13.8. The highest BCUT2D eigenvalue weighted by molar-refractivity contribution is 7.89. The van der Waals surface area contributed by atoms with Crippen molar-refractivity contribution in [1.82, 2.24) is 9.62 Å². The zero-order chi connectivity index (χ0) is 15.4. The van der Waals surface area contributed by atoms with Crippen LogP contribution in [0.25, 0.3) is 11.3 Å². The summed E-state index contributed by atoms with van der Waals surface area (Å²) in [5.74, 6) is 1.98. The lowest BCUT2D eigenvalue weighted by Crippen LogP contribution is -2.33. The van der Waals surface area contributed by atoms with Crippen LogP contribution < -0.4 is 5.32 Å². The standard InChI is InChI=1S/C16H20N2O3S/c19-22(20)12-4-10-18(22)11-9-17-13-15-7-8-16(21-15)14-5-2-1-3-6-14/h1-3,5-8,17H,4,9-13H2. The highest BCUT2D eigenvalue weighted by Crippen LogP contribution is 2.21. The summed E-state index contributed by atoms with van der Waals surface area (Å²) in [5.41, 5.74) is 1.05. The lowest BCUT2D eigenvalue weighted by molar-refractivity contribution is 0.424. The summed E-state index contributed by atoms with van der Waals surface area (Å²) in [4.78, 5) is 0. The van der Waals surface area contributed by atoms with Crippen LogP contribution in [0.15, 0.2) is 46.9 Å². The van der Waals surface area contributed by atoms with Crippen LogP contribution in [-0.2, 0) is 16.6 Å². The van der Waals surface area contributed by atoms with Crippen molar-refractivity contribution in [3.63, 3.8) is 0 Å². The Labute approximate surface area is 131 Å². The third-order valence-corrected chi connectivity index (χ3v) is 5.72. The lowest BCUT2D eigenvalue weighted by atomic mass is 10.2. The molecule has 1 N–H and O–H groups in total. The molecule has 1 aromatic carbocycles. The van der Waals surface area contributed by atoms with Crippen molar-refractivity contribution in [3.05, 3.63) is 48.2 Å². The number of hydrogen-bond donors (Lipinski definition) is 1. The number of sulfonamides is 1. The molecule has 118 valence electrons. The first-order valence-corrected chi connectivity index (χ1v) is 9.09. The van der Waals surface area contributed by atoms with Crippen LogP contribution in [0.4, 0.5) is 0 Å². The van der Waals surface area contributed by atoms with Crippen molar-refractivity contribution < 1.29 is 12.8 Å². The van der Waals surface area contributed by atoms with E-state index in [2.05, 4.69) is 5.32 Å². The normalized spacial score (nSPS) is 17.8. The summed E-state index contributed by atoms with van der Waals surface area (Å²) in [6.45, 7) is 2.39. The van der Waals surface area contributed by atoms with E-state index in [1.54, 1.807) is 4.31 Å². The summed E-state index contributed by atoms with van der Waals surface area (Å²) < 4.78 is 30.7. The smallest absolute Gasteiger partial charge is 0.214 e. The van der Waals surface area contributed by atoms with Crippen LogP contribution in [0, 0.1) is 0 Å². The topological polar surface area (TPSA) is 62.6 Å². The Morgan fingerprint density at radius 1 is 1.14 bits per heavy atom. The van der Waals surface area contributed by atoms with Gasteiger partial charge in [-0.2, -0.15) is 0 Å². The third kappa shape index (κ3) is 3.58. The monoisotopic (exact) mass is 320 g/mol. The molecule has 6 heteroatoms. The molecule has 1 saturated heterocycles. The van der Waals surface area contributed by atoms with E-state index >= 15 is 0 Å². The quantitative estimate of drug-likeness (QED) is 0.828. The number of hydrogen-bond acceptors (Lipinski definition) is 4. The number of nitrogens with zero attached hydrogens (tertiary/aromatic N) is 1. The molecular weight excluding hydrogens is 300 g/mol. The summed E-state index contributed by atoms with van der Waals surface area (Å²) in [7, 11) is -2.99. The average Bonchev–Trinajstić information content (AvgIpc) is 3.11. The fraction of sp³-hybridized carbons (Fsp3) is 0.375. The van der Waals surface area contributed by atoms with Gasteiger partial charge in [-0.05, 0) is 18.6 Å². The van der Waals surface area contributed by atoms with Gasteiger partial charge in [-0.15, -0.1) is 0 Å². The fourth-order valence-electron chi connectivity index (χ4n) is 2.59. The number of furan rings is 1. The van der Waals surface area contributed by atoms with E-state index < -0.39 is 10.0 Å². The summed E-state index contributed by atoms with van der Waals surface area (Å²) in [5, 5.41) is 3.23. The van der Waals surface area contributed by atoms with Gasteiger partial charge in [0.2, 0.25) is 10.0 Å². The van der Waals surface area contributed by atoms with E-state index in [4.69, 9.17) is 4.42 Å². The zero-order valence-corrected chi connectivity index (χ0v) is 13.2. The van der Waals surface area contributed by atoms with Crippen LogP contribution >= 0.6 is 0 Å². The Hall–Kier alpha value is -1.63. The minimum atomic E-state index is -2.99. The van der Waals surface area contributed by atoms with Gasteiger partial charge in [0.25, 0.3) is 0 Å². The molecule has 1 aromatic heterocycles. The molecule has 22 heavy (non-hydrogen) atoms. The number of rotatable bonds is 6. The Balaban J connectivity index is 1.48. The van der Waals surface area contributed by atoms with Gasteiger partial charge in [-0.3, -0.25) is 0 Å². The molecule has 0 atom stereocenters. The summed E-state index contributed by atoms with van der Waals surface area (Å²) >= 11 is 0. The Morgan fingerprint density at radius 3 is 2.68 bits per heavy atom. The molecule has 5 nitrogen and oxygen atoms in total. The van der Waals surface area contributed by atoms with Crippen LogP contribution in [-0.4, -0.2) is 38.1 Å². The molecule has 2 aromatic rings. The van der Waals surface area contributed by atoms with Gasteiger partial charge in [0.15, 0.2) is 0 Å². The van der Waals surface area contributed by atoms with E-state index in [9.17, 15) is 8.42 Å². The highest BCUT2D eigenvalue weighted by Gasteiger charge is 2.27. The van der Waals surface area contributed by atoms with Gasteiger partial charge >= 0.3 is 0 Å². The van der Waals surface area contributed by atoms with Gasteiger partial charge in [0.1, 0.15) is 11.5 Å². The number of benzene rings is 1. The lowest BCUT2D eigenvalue weighted by Gasteiger charge is -2.13. The van der Waals surface area contributed by atoms with Crippen LogP contribution in [0.2, 0.25) is 0 Å². The van der Waals surface area contributed by atoms with Crippen molar-refractivity contribution in [2.45, 2.75) is 13.0 Å². The maximum absolute atomic E-state index is 11.7. The van der Waals surface area contributed by atoms with E-state index in [1.165, 1.54) is 0 Å². The molecule has 2 heterocycles. The second kappa shape index (κ2) is 6.64. The molecule has 0 aliphatic carbocycles. The molecule has 0 unspecified atom stereocenters. The SMILES string of the molecule is O=S1(=O)CCCN1CCNCc1ccc(-c2ccccc2)o1. The van der Waals surface area contributed by atoms with E-state index in [0.717, 1.165) is 23.5 Å². The summed E-state index contributed by atoms with van der Waals surface area (Å²) in [6.07, 6.45) is 0.737. The van der Waals surface area contributed by atoms with Crippen molar-refractivity contribution >= 4 is 10.0 Å². The minimum absolute atomic E-state index is 0.283. The molecule has 0 saturated carbocycles. The van der Waals surface area contributed by atoms with E-state index in [0.29, 0.717) is 26.2 Å². The second-order valence-corrected chi connectivity index (χ2v) is 7.47. The largest absolute Gasteiger partial charge is 0.460 e. The van der Waals surface area contributed by atoms with E-state index in [-0.39, 0.29) is 5.75 Å². The molecular formula is C16H20N2O3S. The maximum atomic E-state index is 11.7. The zero-order valence-electron chi connectivity index (χ0n) is 12.4. The molecule has 0 radical (unpaired) electrons. The van der Waals surface area contributed by atoms with Gasteiger partial charge in [-0.1, -0.05) is 30.3 Å². The van der Waals surface area contributed by atoms with Gasteiger partial charge in [-0.25, -0.2) is 12.7 Å².